The Kier molecular flexibility index (Phi) is 4.54. The molecule has 0 saturated carbocycles. The smallest absolute Gasteiger partial charge is 0.244 e. The summed E-state index contributed by atoms with van der Waals surface area (Å²) in [4.78, 5) is 15.8. The van der Waals surface area contributed by atoms with Crippen molar-refractivity contribution < 1.29 is 4.79 Å². The minimum Gasteiger partial charge on any atom is -0.347 e. The standard InChI is InChI=1S/C17H15N5O/c23-17(9-8-14-5-2-1-3-6-14)19-11-15-13-22(21-20-15)16-7-4-10-18-12-16/h1-10,12-13H,11H2,(H,19,23)/b9-8+. The topological polar surface area (TPSA) is 72.7 Å². The van der Waals surface area contributed by atoms with Gasteiger partial charge in [0.2, 0.25) is 5.91 Å². The number of hydrogen-bond acceptors (Lipinski definition) is 4. The van der Waals surface area contributed by atoms with Crippen LogP contribution in [0.5, 0.6) is 0 Å². The predicted octanol–water partition coefficient (Wildman–Crippen LogP) is 1.99. The number of hydrogen-bond donors (Lipinski definition) is 1. The second-order valence-corrected chi connectivity index (χ2v) is 4.83. The van der Waals surface area contributed by atoms with Gasteiger partial charge in [-0.3, -0.25) is 9.78 Å². The fourth-order valence-electron chi connectivity index (χ4n) is 1.97. The maximum Gasteiger partial charge on any atom is 0.244 e. The number of carbonyl (C=O) groups excluding carboxylic acids is 1. The average molecular weight is 305 g/mol. The molecule has 0 aliphatic rings. The minimum atomic E-state index is -0.176. The summed E-state index contributed by atoms with van der Waals surface area (Å²) in [5, 5.41) is 10.8. The van der Waals surface area contributed by atoms with Gasteiger partial charge in [0, 0.05) is 12.3 Å². The number of carbonyl (C=O) groups is 1. The first-order chi connectivity index (χ1) is 11.3. The SMILES string of the molecule is O=C(/C=C/c1ccccc1)NCc1cn(-c2cccnc2)nn1. The molecule has 0 unspecified atom stereocenters. The van der Waals surface area contributed by atoms with Crippen molar-refractivity contribution in [1.29, 1.82) is 0 Å². The highest BCUT2D eigenvalue weighted by molar-refractivity contribution is 5.91. The van der Waals surface area contributed by atoms with Crippen molar-refractivity contribution in [2.24, 2.45) is 0 Å². The molecule has 6 heteroatoms. The zero-order valence-electron chi connectivity index (χ0n) is 12.3. The van der Waals surface area contributed by atoms with Crippen molar-refractivity contribution >= 4 is 12.0 Å². The van der Waals surface area contributed by atoms with Crippen LogP contribution < -0.4 is 5.32 Å². The Bertz CT molecular complexity index is 796. The van der Waals surface area contributed by atoms with E-state index in [9.17, 15) is 4.79 Å². The van der Waals surface area contributed by atoms with E-state index in [4.69, 9.17) is 0 Å². The van der Waals surface area contributed by atoms with Gasteiger partial charge in [0.25, 0.3) is 0 Å². The Hall–Kier alpha value is -3.28. The van der Waals surface area contributed by atoms with Crippen LogP contribution in [-0.4, -0.2) is 25.9 Å². The molecule has 1 aromatic carbocycles. The summed E-state index contributed by atoms with van der Waals surface area (Å²) in [5.41, 5.74) is 2.47. The molecule has 3 rings (SSSR count). The molecule has 0 bridgehead atoms. The molecule has 3 aromatic rings. The van der Waals surface area contributed by atoms with Crippen LogP contribution in [0.3, 0.4) is 0 Å². The van der Waals surface area contributed by atoms with Gasteiger partial charge >= 0.3 is 0 Å². The Morgan fingerprint density at radius 2 is 2.04 bits per heavy atom. The molecule has 0 fully saturated rings. The molecule has 0 aliphatic carbocycles. The molecule has 1 N–H and O–H groups in total. The second-order valence-electron chi connectivity index (χ2n) is 4.83. The molecule has 114 valence electrons. The van der Waals surface area contributed by atoms with Gasteiger partial charge in [0.1, 0.15) is 5.69 Å². The van der Waals surface area contributed by atoms with E-state index in [1.54, 1.807) is 29.3 Å². The number of amides is 1. The summed E-state index contributed by atoms with van der Waals surface area (Å²) in [7, 11) is 0. The first-order valence-corrected chi connectivity index (χ1v) is 7.14. The van der Waals surface area contributed by atoms with Crippen molar-refractivity contribution in [2.75, 3.05) is 0 Å². The third-order valence-electron chi connectivity index (χ3n) is 3.12. The van der Waals surface area contributed by atoms with E-state index in [1.807, 2.05) is 42.5 Å². The van der Waals surface area contributed by atoms with E-state index in [0.29, 0.717) is 12.2 Å². The van der Waals surface area contributed by atoms with Gasteiger partial charge in [-0.2, -0.15) is 0 Å². The van der Waals surface area contributed by atoms with Crippen molar-refractivity contribution in [3.8, 4) is 5.69 Å². The number of nitrogens with zero attached hydrogens (tertiary/aromatic N) is 4. The minimum absolute atomic E-state index is 0.176. The summed E-state index contributed by atoms with van der Waals surface area (Å²) < 4.78 is 1.62. The van der Waals surface area contributed by atoms with Crippen LogP contribution in [0.1, 0.15) is 11.3 Å². The zero-order chi connectivity index (χ0) is 15.9. The number of rotatable bonds is 5. The summed E-state index contributed by atoms with van der Waals surface area (Å²) in [5.74, 6) is -0.176. The van der Waals surface area contributed by atoms with Gasteiger partial charge < -0.3 is 5.32 Å². The fourth-order valence-corrected chi connectivity index (χ4v) is 1.97. The lowest BCUT2D eigenvalue weighted by molar-refractivity contribution is -0.116. The molecule has 23 heavy (non-hydrogen) atoms. The Morgan fingerprint density at radius 1 is 1.17 bits per heavy atom. The fraction of sp³-hybridized carbons (Fsp3) is 0.0588. The zero-order valence-corrected chi connectivity index (χ0v) is 12.3. The molecule has 2 heterocycles. The molecule has 6 nitrogen and oxygen atoms in total. The van der Waals surface area contributed by atoms with Crippen molar-refractivity contribution in [3.05, 3.63) is 78.4 Å². The summed E-state index contributed by atoms with van der Waals surface area (Å²) >= 11 is 0. The monoisotopic (exact) mass is 305 g/mol. The van der Waals surface area contributed by atoms with Gasteiger partial charge in [0.05, 0.1) is 24.6 Å². The quantitative estimate of drug-likeness (QED) is 0.732. The molecule has 0 saturated heterocycles. The van der Waals surface area contributed by atoms with E-state index >= 15 is 0 Å². The molecule has 0 spiro atoms. The summed E-state index contributed by atoms with van der Waals surface area (Å²) in [6, 6.07) is 13.4. The van der Waals surface area contributed by atoms with Crippen LogP contribution in [0.2, 0.25) is 0 Å². The second kappa shape index (κ2) is 7.13. The third kappa shape index (κ3) is 4.10. The van der Waals surface area contributed by atoms with Gasteiger partial charge in [0.15, 0.2) is 0 Å². The normalized spacial score (nSPS) is 10.8. The van der Waals surface area contributed by atoms with E-state index < -0.39 is 0 Å². The molecule has 0 aliphatic heterocycles. The lowest BCUT2D eigenvalue weighted by atomic mass is 10.2. The molecular weight excluding hydrogens is 290 g/mol. The average Bonchev–Trinajstić information content (AvgIpc) is 3.09. The molecule has 0 radical (unpaired) electrons. The Morgan fingerprint density at radius 3 is 2.83 bits per heavy atom. The predicted molar refractivity (Wildman–Crippen MR) is 86.5 cm³/mol. The highest BCUT2D eigenvalue weighted by Crippen LogP contribution is 2.04. The van der Waals surface area contributed by atoms with Gasteiger partial charge in [-0.25, -0.2) is 4.68 Å². The number of nitrogens with one attached hydrogen (secondary N) is 1. The summed E-state index contributed by atoms with van der Waals surface area (Å²) in [6.07, 6.45) is 8.42. The number of benzene rings is 1. The number of pyridine rings is 1. The van der Waals surface area contributed by atoms with Crippen LogP contribution in [0.25, 0.3) is 11.8 Å². The number of aromatic nitrogens is 4. The van der Waals surface area contributed by atoms with Crippen LogP contribution in [0, 0.1) is 0 Å². The largest absolute Gasteiger partial charge is 0.347 e. The first-order valence-electron chi connectivity index (χ1n) is 7.14. The van der Waals surface area contributed by atoms with E-state index in [-0.39, 0.29) is 5.91 Å². The lowest BCUT2D eigenvalue weighted by Crippen LogP contribution is -2.20. The molecular formula is C17H15N5O. The van der Waals surface area contributed by atoms with Crippen LogP contribution in [0.4, 0.5) is 0 Å². The highest BCUT2D eigenvalue weighted by atomic mass is 16.1. The lowest BCUT2D eigenvalue weighted by Gasteiger charge is -1.98. The van der Waals surface area contributed by atoms with Gasteiger partial charge in [-0.1, -0.05) is 35.5 Å². The van der Waals surface area contributed by atoms with Crippen LogP contribution in [0.15, 0.2) is 67.1 Å². The maximum atomic E-state index is 11.8. The Labute approximate surface area is 133 Å². The molecule has 1 amide bonds. The van der Waals surface area contributed by atoms with Crippen molar-refractivity contribution in [3.63, 3.8) is 0 Å². The van der Waals surface area contributed by atoms with E-state index in [2.05, 4.69) is 20.6 Å². The maximum absolute atomic E-state index is 11.8. The first kappa shape index (κ1) is 14.6. The van der Waals surface area contributed by atoms with Crippen molar-refractivity contribution in [1.82, 2.24) is 25.3 Å². The van der Waals surface area contributed by atoms with Crippen molar-refractivity contribution in [2.45, 2.75) is 6.54 Å². The molecule has 0 atom stereocenters. The van der Waals surface area contributed by atoms with Gasteiger partial charge in [-0.15, -0.1) is 5.10 Å². The van der Waals surface area contributed by atoms with Gasteiger partial charge in [-0.05, 0) is 23.8 Å². The van der Waals surface area contributed by atoms with Crippen LogP contribution >= 0.6 is 0 Å². The van der Waals surface area contributed by atoms with Crippen LogP contribution in [-0.2, 0) is 11.3 Å². The Balaban J connectivity index is 1.55. The van der Waals surface area contributed by atoms with E-state index in [0.717, 1.165) is 11.3 Å². The third-order valence-corrected chi connectivity index (χ3v) is 3.12. The molecule has 2 aromatic heterocycles. The van der Waals surface area contributed by atoms with E-state index in [1.165, 1.54) is 6.08 Å². The highest BCUT2D eigenvalue weighted by Gasteiger charge is 2.03. The summed E-state index contributed by atoms with van der Waals surface area (Å²) in [6.45, 7) is 0.318.